The van der Waals surface area contributed by atoms with Crippen molar-refractivity contribution < 1.29 is 4.79 Å². The molecule has 5 rings (SSSR count). The van der Waals surface area contributed by atoms with Crippen molar-refractivity contribution in [2.75, 3.05) is 18.0 Å². The largest absolute Gasteiger partial charge is 0.357 e. The lowest BCUT2D eigenvalue weighted by Crippen LogP contribution is -2.30. The molecule has 0 saturated carbocycles. The maximum absolute atomic E-state index is 13.1. The molecule has 4 aromatic rings. The van der Waals surface area contributed by atoms with E-state index in [1.807, 2.05) is 47.4 Å². The Morgan fingerprint density at radius 3 is 2.41 bits per heavy atom. The molecule has 1 fully saturated rings. The summed E-state index contributed by atoms with van der Waals surface area (Å²) in [6, 6.07) is 22.1. The van der Waals surface area contributed by atoms with Gasteiger partial charge in [-0.25, -0.2) is 4.98 Å². The number of carbonyl (C=O) groups is 1. The fourth-order valence-electron chi connectivity index (χ4n) is 4.41. The highest BCUT2D eigenvalue weighted by atomic mass is 16.1. The normalized spacial score (nSPS) is 13.6. The van der Waals surface area contributed by atoms with Gasteiger partial charge in [-0.3, -0.25) is 9.48 Å². The molecule has 2 aromatic carbocycles. The van der Waals surface area contributed by atoms with E-state index in [-0.39, 0.29) is 5.91 Å². The van der Waals surface area contributed by atoms with E-state index in [9.17, 15) is 4.79 Å². The van der Waals surface area contributed by atoms with Gasteiger partial charge in [0.1, 0.15) is 5.82 Å². The molecule has 6 nitrogen and oxygen atoms in total. The third kappa shape index (κ3) is 5.17. The number of aromatic nitrogens is 3. The number of nitrogens with one attached hydrogen (secondary N) is 1. The number of anilines is 1. The fraction of sp³-hybridized carbons (Fsp3) is 0.250. The van der Waals surface area contributed by atoms with Crippen LogP contribution >= 0.6 is 0 Å². The fourth-order valence-corrected chi connectivity index (χ4v) is 4.41. The van der Waals surface area contributed by atoms with Crippen LogP contribution < -0.4 is 10.2 Å². The topological polar surface area (TPSA) is 63.1 Å². The number of rotatable bonds is 7. The van der Waals surface area contributed by atoms with Crippen molar-refractivity contribution in [1.82, 2.24) is 20.1 Å². The van der Waals surface area contributed by atoms with Gasteiger partial charge in [-0.2, -0.15) is 5.10 Å². The molecule has 3 heterocycles. The second-order valence-corrected chi connectivity index (χ2v) is 8.70. The molecule has 172 valence electrons. The maximum atomic E-state index is 13.1. The first kappa shape index (κ1) is 21.9. The number of benzene rings is 2. The Kier molecular flexibility index (Phi) is 6.66. The van der Waals surface area contributed by atoms with Crippen LogP contribution in [0.15, 0.2) is 85.3 Å². The number of piperidine rings is 1. The van der Waals surface area contributed by atoms with Crippen LogP contribution in [0.1, 0.15) is 40.7 Å². The Morgan fingerprint density at radius 1 is 0.882 bits per heavy atom. The number of pyridine rings is 1. The summed E-state index contributed by atoms with van der Waals surface area (Å²) in [7, 11) is 0. The lowest BCUT2D eigenvalue weighted by atomic mass is 9.98. The van der Waals surface area contributed by atoms with Crippen LogP contribution in [0.4, 0.5) is 5.82 Å². The predicted octanol–water partition coefficient (Wildman–Crippen LogP) is 4.91. The molecule has 34 heavy (non-hydrogen) atoms. The number of carbonyl (C=O) groups excluding carboxylic acids is 1. The summed E-state index contributed by atoms with van der Waals surface area (Å²) in [5.74, 6) is 0.937. The summed E-state index contributed by atoms with van der Waals surface area (Å²) in [5.41, 5.74) is 4.76. The first-order valence-electron chi connectivity index (χ1n) is 11.9. The molecule has 1 aliphatic heterocycles. The van der Waals surface area contributed by atoms with E-state index in [0.717, 1.165) is 47.7 Å². The number of hydrogen-bond donors (Lipinski definition) is 1. The van der Waals surface area contributed by atoms with E-state index < -0.39 is 0 Å². The van der Waals surface area contributed by atoms with Gasteiger partial charge in [0.2, 0.25) is 0 Å². The molecule has 0 bridgehead atoms. The summed E-state index contributed by atoms with van der Waals surface area (Å²) in [5, 5.41) is 7.32. The zero-order valence-electron chi connectivity index (χ0n) is 19.2. The summed E-state index contributed by atoms with van der Waals surface area (Å²) in [6.07, 6.45) is 9.36. The summed E-state index contributed by atoms with van der Waals surface area (Å²) < 4.78 is 1.89. The van der Waals surface area contributed by atoms with Crippen molar-refractivity contribution in [2.45, 2.75) is 32.4 Å². The Balaban J connectivity index is 1.24. The summed E-state index contributed by atoms with van der Waals surface area (Å²) in [6.45, 7) is 3.32. The van der Waals surface area contributed by atoms with Gasteiger partial charge in [-0.05, 0) is 59.7 Å². The quantitative estimate of drug-likeness (QED) is 0.434. The SMILES string of the molecule is O=C(NCc1ccc(N2CCCCC2)nc1)c1ccccc1-c1ccc(Cn2cccn2)cc1. The summed E-state index contributed by atoms with van der Waals surface area (Å²) >= 11 is 0. The van der Waals surface area contributed by atoms with Crippen LogP contribution in [-0.2, 0) is 13.1 Å². The molecule has 1 amide bonds. The van der Waals surface area contributed by atoms with Gasteiger partial charge < -0.3 is 10.2 Å². The molecular weight excluding hydrogens is 422 g/mol. The third-order valence-corrected chi connectivity index (χ3v) is 6.28. The molecule has 2 aromatic heterocycles. The van der Waals surface area contributed by atoms with Crippen molar-refractivity contribution in [1.29, 1.82) is 0 Å². The van der Waals surface area contributed by atoms with Crippen molar-refractivity contribution in [3.8, 4) is 11.1 Å². The van der Waals surface area contributed by atoms with Crippen LogP contribution in [0.2, 0.25) is 0 Å². The van der Waals surface area contributed by atoms with E-state index in [1.165, 1.54) is 19.3 Å². The van der Waals surface area contributed by atoms with Crippen molar-refractivity contribution in [2.24, 2.45) is 0 Å². The lowest BCUT2D eigenvalue weighted by molar-refractivity contribution is 0.0951. The molecular formula is C28H29N5O. The Hall–Kier alpha value is -3.93. The first-order valence-corrected chi connectivity index (χ1v) is 11.9. The lowest BCUT2D eigenvalue weighted by Gasteiger charge is -2.27. The van der Waals surface area contributed by atoms with Gasteiger partial charge in [-0.1, -0.05) is 48.5 Å². The Morgan fingerprint density at radius 2 is 1.68 bits per heavy atom. The standard InChI is InChI=1S/C28H29N5O/c34-28(30-20-23-11-14-27(29-19-23)32-16-4-1-5-17-32)26-8-3-2-7-25(26)24-12-9-22(10-13-24)21-33-18-6-15-31-33/h2-3,6-15,18-19H,1,4-5,16-17,20-21H2,(H,30,34). The maximum Gasteiger partial charge on any atom is 0.252 e. The molecule has 0 spiro atoms. The molecule has 6 heteroatoms. The minimum atomic E-state index is -0.0867. The summed E-state index contributed by atoms with van der Waals surface area (Å²) in [4.78, 5) is 20.0. The van der Waals surface area contributed by atoms with Gasteiger partial charge in [-0.15, -0.1) is 0 Å². The van der Waals surface area contributed by atoms with Gasteiger partial charge in [0.25, 0.3) is 5.91 Å². The highest BCUT2D eigenvalue weighted by molar-refractivity contribution is 6.00. The predicted molar refractivity (Wildman–Crippen MR) is 135 cm³/mol. The minimum absolute atomic E-state index is 0.0867. The zero-order chi connectivity index (χ0) is 23.2. The van der Waals surface area contributed by atoms with Gasteiger partial charge in [0, 0.05) is 43.8 Å². The first-order chi connectivity index (χ1) is 16.8. The number of nitrogens with zero attached hydrogens (tertiary/aromatic N) is 4. The van der Waals surface area contributed by atoms with Crippen molar-refractivity contribution in [3.63, 3.8) is 0 Å². The molecule has 1 aliphatic rings. The van der Waals surface area contributed by atoms with Crippen LogP contribution in [0.5, 0.6) is 0 Å². The molecule has 1 saturated heterocycles. The van der Waals surface area contributed by atoms with Crippen LogP contribution in [0.3, 0.4) is 0 Å². The monoisotopic (exact) mass is 451 g/mol. The Bertz CT molecular complexity index is 1210. The second-order valence-electron chi connectivity index (χ2n) is 8.70. The minimum Gasteiger partial charge on any atom is -0.357 e. The second kappa shape index (κ2) is 10.3. The molecule has 0 radical (unpaired) electrons. The number of hydrogen-bond acceptors (Lipinski definition) is 4. The van der Waals surface area contributed by atoms with E-state index in [2.05, 4.69) is 56.7 Å². The molecule has 0 aliphatic carbocycles. The van der Waals surface area contributed by atoms with Crippen LogP contribution in [0, 0.1) is 0 Å². The van der Waals surface area contributed by atoms with Gasteiger partial charge >= 0.3 is 0 Å². The van der Waals surface area contributed by atoms with E-state index in [1.54, 1.807) is 6.20 Å². The number of amides is 1. The van der Waals surface area contributed by atoms with Gasteiger partial charge in [0.15, 0.2) is 0 Å². The van der Waals surface area contributed by atoms with Crippen LogP contribution in [-0.4, -0.2) is 33.8 Å². The third-order valence-electron chi connectivity index (χ3n) is 6.28. The van der Waals surface area contributed by atoms with Crippen molar-refractivity contribution >= 4 is 11.7 Å². The average molecular weight is 452 g/mol. The van der Waals surface area contributed by atoms with Gasteiger partial charge in [0.05, 0.1) is 6.54 Å². The Labute approximate surface area is 200 Å². The highest BCUT2D eigenvalue weighted by Crippen LogP contribution is 2.24. The van der Waals surface area contributed by atoms with E-state index in [0.29, 0.717) is 12.1 Å². The van der Waals surface area contributed by atoms with E-state index in [4.69, 9.17) is 0 Å². The highest BCUT2D eigenvalue weighted by Gasteiger charge is 2.14. The smallest absolute Gasteiger partial charge is 0.252 e. The zero-order valence-corrected chi connectivity index (χ0v) is 19.2. The molecule has 0 unspecified atom stereocenters. The van der Waals surface area contributed by atoms with Crippen molar-refractivity contribution in [3.05, 3.63) is 102 Å². The average Bonchev–Trinajstić information content (AvgIpc) is 3.42. The molecule has 0 atom stereocenters. The van der Waals surface area contributed by atoms with E-state index >= 15 is 0 Å². The van der Waals surface area contributed by atoms with Crippen LogP contribution in [0.25, 0.3) is 11.1 Å². The molecule has 1 N–H and O–H groups in total.